The van der Waals surface area contributed by atoms with Crippen molar-refractivity contribution in [2.75, 3.05) is 13.7 Å². The third kappa shape index (κ3) is 4.88. The minimum atomic E-state index is -3.91. The fourth-order valence-electron chi connectivity index (χ4n) is 1.31. The Bertz CT molecular complexity index is 580. The van der Waals surface area contributed by atoms with Gasteiger partial charge in [-0.05, 0) is 19.1 Å². The molecule has 0 unspecified atom stereocenters. The Kier molecular flexibility index (Phi) is 5.51. The summed E-state index contributed by atoms with van der Waals surface area (Å²) in [4.78, 5) is 22.2. The van der Waals surface area contributed by atoms with Crippen molar-refractivity contribution in [3.05, 3.63) is 29.8 Å². The number of sulfonamides is 1. The standard InChI is InChI=1S/C12H16N2O5S/c1-9-3-5-10(6-4-9)20(17,18)14-12(16)13-8-7-11(15)19-2/h3-6H,7-8H2,1-2H3,(H2,13,14,16). The lowest BCUT2D eigenvalue weighted by Crippen LogP contribution is -2.40. The first-order chi connectivity index (χ1) is 9.35. The molecule has 2 amide bonds. The highest BCUT2D eigenvalue weighted by atomic mass is 32.2. The maximum atomic E-state index is 11.8. The molecular formula is C12H16N2O5S. The Morgan fingerprint density at radius 2 is 1.80 bits per heavy atom. The first kappa shape index (κ1) is 16.0. The van der Waals surface area contributed by atoms with E-state index in [1.54, 1.807) is 12.1 Å². The van der Waals surface area contributed by atoms with E-state index in [4.69, 9.17) is 0 Å². The Morgan fingerprint density at radius 1 is 1.20 bits per heavy atom. The lowest BCUT2D eigenvalue weighted by molar-refractivity contribution is -0.140. The van der Waals surface area contributed by atoms with Crippen molar-refractivity contribution in [1.82, 2.24) is 10.0 Å². The molecule has 0 fully saturated rings. The molecule has 1 aromatic rings. The quantitative estimate of drug-likeness (QED) is 0.773. The molecule has 110 valence electrons. The molecule has 0 atom stereocenters. The number of hydrogen-bond donors (Lipinski definition) is 2. The van der Waals surface area contributed by atoms with Gasteiger partial charge in [0.2, 0.25) is 0 Å². The smallest absolute Gasteiger partial charge is 0.328 e. The zero-order chi connectivity index (χ0) is 15.2. The Morgan fingerprint density at radius 3 is 2.35 bits per heavy atom. The lowest BCUT2D eigenvalue weighted by atomic mass is 10.2. The SMILES string of the molecule is COC(=O)CCNC(=O)NS(=O)(=O)c1ccc(C)cc1. The summed E-state index contributed by atoms with van der Waals surface area (Å²) in [5.74, 6) is -0.494. The number of hydrogen-bond acceptors (Lipinski definition) is 5. The van der Waals surface area contributed by atoms with E-state index in [0.29, 0.717) is 0 Å². The highest BCUT2D eigenvalue weighted by Gasteiger charge is 2.17. The summed E-state index contributed by atoms with van der Waals surface area (Å²) in [6.45, 7) is 1.81. The number of nitrogens with one attached hydrogen (secondary N) is 2. The van der Waals surface area contributed by atoms with Crippen LogP contribution in [-0.4, -0.2) is 34.1 Å². The zero-order valence-corrected chi connectivity index (χ0v) is 12.0. The second-order valence-corrected chi connectivity index (χ2v) is 5.68. The number of rotatable bonds is 5. The molecule has 1 rings (SSSR count). The van der Waals surface area contributed by atoms with Crippen LogP contribution in [-0.2, 0) is 19.6 Å². The Balaban J connectivity index is 2.56. The van der Waals surface area contributed by atoms with Crippen LogP contribution in [0.3, 0.4) is 0 Å². The third-order valence-corrected chi connectivity index (χ3v) is 3.75. The number of aryl methyl sites for hydroxylation is 1. The van der Waals surface area contributed by atoms with E-state index in [9.17, 15) is 18.0 Å². The van der Waals surface area contributed by atoms with Gasteiger partial charge in [-0.15, -0.1) is 0 Å². The van der Waals surface area contributed by atoms with Crippen molar-refractivity contribution in [2.45, 2.75) is 18.2 Å². The molecule has 0 saturated heterocycles. The van der Waals surface area contributed by atoms with Crippen molar-refractivity contribution >= 4 is 22.0 Å². The van der Waals surface area contributed by atoms with Gasteiger partial charge in [0.15, 0.2) is 0 Å². The first-order valence-electron chi connectivity index (χ1n) is 5.79. The summed E-state index contributed by atoms with van der Waals surface area (Å²) in [6.07, 6.45) is -0.0332. The molecular weight excluding hydrogens is 284 g/mol. The molecule has 2 N–H and O–H groups in total. The van der Waals surface area contributed by atoms with E-state index in [0.717, 1.165) is 5.56 Å². The molecule has 8 heteroatoms. The molecule has 0 aliphatic carbocycles. The van der Waals surface area contributed by atoms with Gasteiger partial charge in [0.25, 0.3) is 10.0 Å². The average molecular weight is 300 g/mol. The van der Waals surface area contributed by atoms with Crippen LogP contribution in [0.25, 0.3) is 0 Å². The van der Waals surface area contributed by atoms with Crippen molar-refractivity contribution in [3.63, 3.8) is 0 Å². The number of urea groups is 1. The predicted molar refractivity (Wildman–Crippen MR) is 71.5 cm³/mol. The number of benzene rings is 1. The topological polar surface area (TPSA) is 102 Å². The van der Waals surface area contributed by atoms with Gasteiger partial charge >= 0.3 is 12.0 Å². The molecule has 0 aliphatic rings. The minimum Gasteiger partial charge on any atom is -0.469 e. The minimum absolute atomic E-state index is 0.00813. The summed E-state index contributed by atoms with van der Waals surface area (Å²) >= 11 is 0. The van der Waals surface area contributed by atoms with Crippen molar-refractivity contribution < 1.29 is 22.7 Å². The molecule has 0 aromatic heterocycles. The maximum absolute atomic E-state index is 11.8. The van der Waals surface area contributed by atoms with Crippen molar-refractivity contribution in [2.24, 2.45) is 0 Å². The average Bonchev–Trinajstić information content (AvgIpc) is 2.38. The van der Waals surface area contributed by atoms with Gasteiger partial charge in [-0.2, -0.15) is 0 Å². The zero-order valence-electron chi connectivity index (χ0n) is 11.2. The van der Waals surface area contributed by atoms with Gasteiger partial charge in [0.1, 0.15) is 0 Å². The third-order valence-electron chi connectivity index (χ3n) is 2.40. The summed E-state index contributed by atoms with van der Waals surface area (Å²) in [5.41, 5.74) is 0.909. The van der Waals surface area contributed by atoms with Crippen molar-refractivity contribution in [1.29, 1.82) is 0 Å². The van der Waals surface area contributed by atoms with E-state index in [-0.39, 0.29) is 17.9 Å². The van der Waals surface area contributed by atoms with Crippen LogP contribution in [0.15, 0.2) is 29.2 Å². The van der Waals surface area contributed by atoms with E-state index < -0.39 is 22.0 Å². The fourth-order valence-corrected chi connectivity index (χ4v) is 2.24. The molecule has 0 heterocycles. The highest BCUT2D eigenvalue weighted by molar-refractivity contribution is 7.90. The Hall–Kier alpha value is -2.09. The lowest BCUT2D eigenvalue weighted by Gasteiger charge is -2.08. The monoisotopic (exact) mass is 300 g/mol. The molecule has 0 aliphatic heterocycles. The van der Waals surface area contributed by atoms with Crippen molar-refractivity contribution in [3.8, 4) is 0 Å². The van der Waals surface area contributed by atoms with Gasteiger partial charge < -0.3 is 10.1 Å². The molecule has 0 radical (unpaired) electrons. The summed E-state index contributed by atoms with van der Waals surface area (Å²) in [6, 6.07) is 5.17. The second-order valence-electron chi connectivity index (χ2n) is 4.00. The first-order valence-corrected chi connectivity index (χ1v) is 7.27. The molecule has 0 spiro atoms. The molecule has 20 heavy (non-hydrogen) atoms. The van der Waals surface area contributed by atoms with Crippen LogP contribution in [0.1, 0.15) is 12.0 Å². The molecule has 0 saturated carbocycles. The van der Waals surface area contributed by atoms with E-state index in [1.165, 1.54) is 19.2 Å². The predicted octanol–water partition coefficient (Wildman–Crippen LogP) is 0.546. The second kappa shape index (κ2) is 6.90. The van der Waals surface area contributed by atoms with Crippen LogP contribution in [0.2, 0.25) is 0 Å². The van der Waals surface area contributed by atoms with Gasteiger partial charge in [0, 0.05) is 6.54 Å². The van der Waals surface area contributed by atoms with Gasteiger partial charge in [-0.3, -0.25) is 4.79 Å². The fraction of sp³-hybridized carbons (Fsp3) is 0.333. The number of carbonyl (C=O) groups excluding carboxylic acids is 2. The van der Waals surface area contributed by atoms with Crippen LogP contribution in [0, 0.1) is 6.92 Å². The number of amides is 2. The number of ether oxygens (including phenoxy) is 1. The van der Waals surface area contributed by atoms with Gasteiger partial charge in [-0.1, -0.05) is 17.7 Å². The molecule has 7 nitrogen and oxygen atoms in total. The van der Waals surface area contributed by atoms with Crippen LogP contribution < -0.4 is 10.0 Å². The summed E-state index contributed by atoms with van der Waals surface area (Å²) in [5, 5.41) is 2.26. The Labute approximate surface area is 117 Å². The molecule has 1 aromatic carbocycles. The van der Waals surface area contributed by atoms with Gasteiger partial charge in [-0.25, -0.2) is 17.9 Å². The van der Waals surface area contributed by atoms with E-state index >= 15 is 0 Å². The highest BCUT2D eigenvalue weighted by Crippen LogP contribution is 2.09. The number of carbonyl (C=O) groups is 2. The summed E-state index contributed by atoms with van der Waals surface area (Å²) in [7, 11) is -2.68. The largest absolute Gasteiger partial charge is 0.469 e. The van der Waals surface area contributed by atoms with Gasteiger partial charge in [0.05, 0.1) is 18.4 Å². The van der Waals surface area contributed by atoms with E-state index in [2.05, 4.69) is 10.1 Å². The summed E-state index contributed by atoms with van der Waals surface area (Å²) < 4.78 is 29.9. The normalized spacial score (nSPS) is 10.7. The van der Waals surface area contributed by atoms with Crippen LogP contribution in [0.5, 0.6) is 0 Å². The number of methoxy groups -OCH3 is 1. The van der Waals surface area contributed by atoms with Crippen LogP contribution in [0.4, 0.5) is 4.79 Å². The van der Waals surface area contributed by atoms with Crippen LogP contribution >= 0.6 is 0 Å². The van der Waals surface area contributed by atoms with E-state index in [1.807, 2.05) is 11.6 Å². The maximum Gasteiger partial charge on any atom is 0.328 e. The number of esters is 1. The molecule has 0 bridgehead atoms.